The van der Waals surface area contributed by atoms with Crippen molar-refractivity contribution in [2.45, 2.75) is 39.8 Å². The number of hydrogen-bond donors (Lipinski definition) is 1. The number of nitrogens with zero attached hydrogens (tertiary/aromatic N) is 4. The van der Waals surface area contributed by atoms with Crippen LogP contribution in [-0.2, 0) is 16.1 Å². The van der Waals surface area contributed by atoms with Gasteiger partial charge in [-0.1, -0.05) is 55.5 Å². The van der Waals surface area contributed by atoms with Gasteiger partial charge in [-0.25, -0.2) is 9.07 Å². The number of para-hydroxylation sites is 1. The van der Waals surface area contributed by atoms with E-state index in [0.29, 0.717) is 29.2 Å². The van der Waals surface area contributed by atoms with Crippen LogP contribution in [0.3, 0.4) is 0 Å². The third-order valence-electron chi connectivity index (χ3n) is 5.97. The number of carbonyl (C=O) groups excluding carboxylic acids is 2. The Morgan fingerprint density at radius 3 is 2.50 bits per heavy atom. The van der Waals surface area contributed by atoms with Crippen LogP contribution in [-0.4, -0.2) is 33.4 Å². The topological polar surface area (TPSA) is 80.1 Å². The maximum atomic E-state index is 13.9. The molecule has 36 heavy (non-hydrogen) atoms. The molecule has 0 bridgehead atoms. The quantitative estimate of drug-likeness (QED) is 0.367. The van der Waals surface area contributed by atoms with Crippen LogP contribution in [0.15, 0.2) is 72.8 Å². The van der Waals surface area contributed by atoms with Crippen LogP contribution in [0.4, 0.5) is 10.1 Å². The zero-order valence-corrected chi connectivity index (χ0v) is 20.7. The Bertz CT molecular complexity index is 1350. The second-order valence-electron chi connectivity index (χ2n) is 9.27. The van der Waals surface area contributed by atoms with Gasteiger partial charge in [0.15, 0.2) is 0 Å². The Labute approximate surface area is 209 Å². The smallest absolute Gasteiger partial charge is 0.249 e. The first-order valence-corrected chi connectivity index (χ1v) is 12.0. The number of aromatic nitrogens is 3. The fraction of sp³-hybridized carbons (Fsp3) is 0.286. The third-order valence-corrected chi connectivity index (χ3v) is 5.97. The summed E-state index contributed by atoms with van der Waals surface area (Å²) < 4.78 is 15.3. The van der Waals surface area contributed by atoms with Gasteiger partial charge in [0.05, 0.1) is 5.52 Å². The normalized spacial score (nSPS) is 12.0. The minimum absolute atomic E-state index is 0.120. The van der Waals surface area contributed by atoms with E-state index in [2.05, 4.69) is 29.5 Å². The van der Waals surface area contributed by atoms with Crippen molar-refractivity contribution in [3.8, 4) is 0 Å². The van der Waals surface area contributed by atoms with Crippen LogP contribution in [0.25, 0.3) is 11.0 Å². The van der Waals surface area contributed by atoms with E-state index in [1.54, 1.807) is 18.2 Å². The van der Waals surface area contributed by atoms with Crippen LogP contribution >= 0.6 is 0 Å². The zero-order chi connectivity index (χ0) is 25.7. The Morgan fingerprint density at radius 2 is 1.78 bits per heavy atom. The summed E-state index contributed by atoms with van der Waals surface area (Å²) in [5.41, 5.74) is 3.41. The molecule has 0 aliphatic carbocycles. The van der Waals surface area contributed by atoms with Crippen molar-refractivity contribution in [2.75, 3.05) is 11.4 Å². The van der Waals surface area contributed by atoms with E-state index in [-0.39, 0.29) is 18.4 Å². The molecule has 186 valence electrons. The average molecular weight is 488 g/mol. The standard InChI is InChI=1S/C28H30FN5O2/c1-19(2)15-16-30-28(36)27(21-11-13-22(29)14-12-21)34(23-8-6-7-20(3)17-23)26(35)18-33-25-10-5-4-9-24(25)31-32-33/h4-14,17,19,27H,15-16,18H2,1-3H3,(H,30,36)/t27-/m0/s1. The Hall–Kier alpha value is -4.07. The van der Waals surface area contributed by atoms with Crippen LogP contribution in [0.2, 0.25) is 0 Å². The lowest BCUT2D eigenvalue weighted by Crippen LogP contribution is -2.45. The van der Waals surface area contributed by atoms with Gasteiger partial charge in [-0.3, -0.25) is 14.5 Å². The van der Waals surface area contributed by atoms with E-state index in [9.17, 15) is 14.0 Å². The predicted octanol–water partition coefficient (Wildman–Crippen LogP) is 4.82. The van der Waals surface area contributed by atoms with Gasteiger partial charge in [-0.05, 0) is 66.8 Å². The first-order chi connectivity index (χ1) is 17.3. The highest BCUT2D eigenvalue weighted by Gasteiger charge is 2.33. The van der Waals surface area contributed by atoms with E-state index in [1.807, 2.05) is 49.4 Å². The lowest BCUT2D eigenvalue weighted by molar-refractivity contribution is -0.127. The Balaban J connectivity index is 1.76. The van der Waals surface area contributed by atoms with E-state index in [1.165, 1.54) is 21.7 Å². The number of fused-ring (bicyclic) bond motifs is 1. The fourth-order valence-corrected chi connectivity index (χ4v) is 4.10. The summed E-state index contributed by atoms with van der Waals surface area (Å²) in [6, 6.07) is 19.5. The number of halogens is 1. The van der Waals surface area contributed by atoms with Gasteiger partial charge < -0.3 is 5.32 Å². The van der Waals surface area contributed by atoms with Gasteiger partial charge in [0.25, 0.3) is 0 Å². The summed E-state index contributed by atoms with van der Waals surface area (Å²) in [5, 5.41) is 11.3. The van der Waals surface area contributed by atoms with Gasteiger partial charge in [-0.15, -0.1) is 5.10 Å². The molecule has 4 rings (SSSR count). The summed E-state index contributed by atoms with van der Waals surface area (Å²) in [5.74, 6) is -0.685. The number of anilines is 1. The number of aryl methyl sites for hydroxylation is 1. The number of carbonyl (C=O) groups is 2. The van der Waals surface area contributed by atoms with Crippen molar-refractivity contribution in [3.63, 3.8) is 0 Å². The molecule has 7 nitrogen and oxygen atoms in total. The molecular formula is C28H30FN5O2. The molecule has 0 aliphatic heterocycles. The molecule has 0 saturated carbocycles. The number of amides is 2. The van der Waals surface area contributed by atoms with Gasteiger partial charge in [0.1, 0.15) is 23.9 Å². The Kier molecular flexibility index (Phi) is 7.73. The molecule has 0 fully saturated rings. The lowest BCUT2D eigenvalue weighted by atomic mass is 10.0. The highest BCUT2D eigenvalue weighted by Crippen LogP contribution is 2.29. The van der Waals surface area contributed by atoms with Gasteiger partial charge in [0, 0.05) is 12.2 Å². The van der Waals surface area contributed by atoms with E-state index in [4.69, 9.17) is 0 Å². The van der Waals surface area contributed by atoms with E-state index >= 15 is 0 Å². The van der Waals surface area contributed by atoms with Crippen molar-refractivity contribution in [2.24, 2.45) is 5.92 Å². The number of rotatable bonds is 9. The van der Waals surface area contributed by atoms with E-state index in [0.717, 1.165) is 17.5 Å². The second kappa shape index (κ2) is 11.1. The van der Waals surface area contributed by atoms with Crippen molar-refractivity contribution >= 4 is 28.5 Å². The number of hydrogen-bond acceptors (Lipinski definition) is 4. The molecule has 1 atom stereocenters. The highest BCUT2D eigenvalue weighted by molar-refractivity contribution is 6.01. The third kappa shape index (κ3) is 5.76. The van der Waals surface area contributed by atoms with Crippen LogP contribution < -0.4 is 10.2 Å². The highest BCUT2D eigenvalue weighted by atomic mass is 19.1. The monoisotopic (exact) mass is 487 g/mol. The van der Waals surface area contributed by atoms with Crippen molar-refractivity contribution in [3.05, 3.63) is 89.7 Å². The predicted molar refractivity (Wildman–Crippen MR) is 138 cm³/mol. The molecule has 1 aromatic heterocycles. The maximum Gasteiger partial charge on any atom is 0.249 e. The molecule has 0 unspecified atom stereocenters. The molecular weight excluding hydrogens is 457 g/mol. The van der Waals surface area contributed by atoms with Gasteiger partial charge in [-0.2, -0.15) is 0 Å². The number of benzene rings is 3. The molecule has 0 radical (unpaired) electrons. The molecule has 0 saturated heterocycles. The van der Waals surface area contributed by atoms with Crippen molar-refractivity contribution in [1.82, 2.24) is 20.3 Å². The summed E-state index contributed by atoms with van der Waals surface area (Å²) in [4.78, 5) is 29.0. The minimum Gasteiger partial charge on any atom is -0.354 e. The van der Waals surface area contributed by atoms with Crippen LogP contribution in [0.1, 0.15) is 37.4 Å². The maximum absolute atomic E-state index is 13.9. The van der Waals surface area contributed by atoms with Crippen LogP contribution in [0, 0.1) is 18.7 Å². The molecule has 4 aromatic rings. The molecule has 2 amide bonds. The first kappa shape index (κ1) is 25.0. The number of nitrogens with one attached hydrogen (secondary N) is 1. The summed E-state index contributed by atoms with van der Waals surface area (Å²) in [7, 11) is 0. The van der Waals surface area contributed by atoms with E-state index < -0.39 is 11.9 Å². The van der Waals surface area contributed by atoms with Gasteiger partial charge >= 0.3 is 0 Å². The summed E-state index contributed by atoms with van der Waals surface area (Å²) in [6.45, 7) is 6.43. The van der Waals surface area contributed by atoms with Crippen LogP contribution in [0.5, 0.6) is 0 Å². The summed E-state index contributed by atoms with van der Waals surface area (Å²) >= 11 is 0. The lowest BCUT2D eigenvalue weighted by Gasteiger charge is -2.32. The SMILES string of the molecule is Cc1cccc(N(C(=O)Cn2nnc3ccccc32)[C@H](C(=O)NCCC(C)C)c2ccc(F)cc2)c1. The average Bonchev–Trinajstić information content (AvgIpc) is 3.25. The summed E-state index contributed by atoms with van der Waals surface area (Å²) in [6.07, 6.45) is 0.797. The molecule has 0 aliphatic rings. The molecule has 0 spiro atoms. The second-order valence-corrected chi connectivity index (χ2v) is 9.27. The van der Waals surface area contributed by atoms with Crippen molar-refractivity contribution in [1.29, 1.82) is 0 Å². The molecule has 1 N–H and O–H groups in total. The fourth-order valence-electron chi connectivity index (χ4n) is 4.10. The molecule has 8 heteroatoms. The largest absolute Gasteiger partial charge is 0.354 e. The zero-order valence-electron chi connectivity index (χ0n) is 20.7. The first-order valence-electron chi connectivity index (χ1n) is 12.0. The molecule has 3 aromatic carbocycles. The van der Waals surface area contributed by atoms with Gasteiger partial charge in [0.2, 0.25) is 11.8 Å². The minimum atomic E-state index is -0.998. The van der Waals surface area contributed by atoms with Crippen molar-refractivity contribution < 1.29 is 14.0 Å². The Morgan fingerprint density at radius 1 is 1.03 bits per heavy atom. The molecule has 1 heterocycles.